The van der Waals surface area contributed by atoms with Crippen LogP contribution in [0.1, 0.15) is 0 Å². The first kappa shape index (κ1) is 13.6. The maximum absolute atomic E-state index is 11.1. The minimum absolute atomic E-state index is 0.118. The summed E-state index contributed by atoms with van der Waals surface area (Å²) < 4.78 is 9.87. The second-order valence-corrected chi connectivity index (χ2v) is 4.83. The van der Waals surface area contributed by atoms with Gasteiger partial charge in [-0.05, 0) is 12.1 Å². The molecule has 0 radical (unpaired) electrons. The molecule has 1 unspecified atom stereocenters. The Morgan fingerprint density at radius 1 is 1.50 bits per heavy atom. The first-order valence-corrected chi connectivity index (χ1v) is 6.01. The van der Waals surface area contributed by atoms with E-state index in [0.717, 1.165) is 0 Å². The van der Waals surface area contributed by atoms with E-state index in [1.165, 1.54) is 7.11 Å². The zero-order chi connectivity index (χ0) is 12.1. The molecule has 1 rings (SSSR count). The molecule has 0 spiro atoms. The fraction of sp³-hybridized carbons (Fsp3) is 0.300. The third kappa shape index (κ3) is 3.85. The van der Waals surface area contributed by atoms with Gasteiger partial charge in [0.1, 0.15) is 17.2 Å². The van der Waals surface area contributed by atoms with Crippen LogP contribution in [0.3, 0.4) is 0 Å². The summed E-state index contributed by atoms with van der Waals surface area (Å²) in [5.74, 6) is 0.0284. The molecule has 0 bridgehead atoms. The molecule has 0 aliphatic carbocycles. The van der Waals surface area contributed by atoms with E-state index >= 15 is 0 Å². The molecule has 0 heterocycles. The van der Waals surface area contributed by atoms with Gasteiger partial charge in [0.15, 0.2) is 0 Å². The summed E-state index contributed by atoms with van der Waals surface area (Å²) in [5, 5.41) is 0.956. The average Bonchev–Trinajstić information content (AvgIpc) is 2.28. The molecule has 0 saturated heterocycles. The van der Waals surface area contributed by atoms with Gasteiger partial charge in [-0.3, -0.25) is 4.79 Å². The first-order valence-electron chi connectivity index (χ1n) is 4.34. The molecule has 0 saturated carbocycles. The fourth-order valence-electron chi connectivity index (χ4n) is 0.947. The molecule has 0 N–H and O–H groups in total. The van der Waals surface area contributed by atoms with E-state index in [2.05, 4.69) is 20.7 Å². The molecule has 1 atom stereocenters. The number of ether oxygens (including phenoxy) is 2. The summed E-state index contributed by atoms with van der Waals surface area (Å²) in [5.41, 5.74) is 0. The van der Waals surface area contributed by atoms with Crippen molar-refractivity contribution in [3.05, 3.63) is 28.2 Å². The third-order valence-electron chi connectivity index (χ3n) is 1.74. The number of hydrogen-bond acceptors (Lipinski definition) is 3. The van der Waals surface area contributed by atoms with Crippen LogP contribution in [0.25, 0.3) is 0 Å². The van der Waals surface area contributed by atoms with Crippen LogP contribution in [0.5, 0.6) is 5.75 Å². The minimum Gasteiger partial charge on any atom is -0.490 e. The van der Waals surface area contributed by atoms with E-state index in [1.807, 2.05) is 0 Å². The Balaban J connectivity index is 2.60. The molecule has 1 aromatic rings. The van der Waals surface area contributed by atoms with E-state index in [9.17, 15) is 4.79 Å². The number of esters is 1. The predicted octanol–water partition coefficient (Wildman–Crippen LogP) is 3.31. The van der Waals surface area contributed by atoms with Crippen molar-refractivity contribution in [2.24, 2.45) is 0 Å². The van der Waals surface area contributed by atoms with Gasteiger partial charge in [-0.15, -0.1) is 0 Å². The maximum atomic E-state index is 11.1. The van der Waals surface area contributed by atoms with Crippen molar-refractivity contribution in [3.63, 3.8) is 0 Å². The Morgan fingerprint density at radius 2 is 2.19 bits per heavy atom. The highest BCUT2D eigenvalue weighted by Crippen LogP contribution is 2.28. The lowest BCUT2D eigenvalue weighted by atomic mass is 10.3. The lowest BCUT2D eigenvalue weighted by Gasteiger charge is -2.11. The van der Waals surface area contributed by atoms with E-state index in [4.69, 9.17) is 27.9 Å². The van der Waals surface area contributed by atoms with Crippen molar-refractivity contribution >= 4 is 45.1 Å². The molecule has 88 valence electrons. The van der Waals surface area contributed by atoms with Crippen molar-refractivity contribution in [3.8, 4) is 5.75 Å². The van der Waals surface area contributed by atoms with Crippen molar-refractivity contribution in [1.82, 2.24) is 0 Å². The maximum Gasteiger partial charge on any atom is 0.322 e. The number of methoxy groups -OCH3 is 1. The van der Waals surface area contributed by atoms with Gasteiger partial charge in [-0.1, -0.05) is 39.1 Å². The van der Waals surface area contributed by atoms with Gasteiger partial charge in [0.2, 0.25) is 0 Å². The van der Waals surface area contributed by atoms with Crippen LogP contribution in [0.4, 0.5) is 0 Å². The van der Waals surface area contributed by atoms with Crippen LogP contribution in [-0.2, 0) is 9.53 Å². The topological polar surface area (TPSA) is 35.5 Å². The van der Waals surface area contributed by atoms with Gasteiger partial charge in [-0.25, -0.2) is 0 Å². The fourth-order valence-corrected chi connectivity index (χ4v) is 1.60. The Bertz CT molecular complexity index is 384. The third-order valence-corrected chi connectivity index (χ3v) is 2.92. The predicted molar refractivity (Wildman–Crippen MR) is 66.7 cm³/mol. The molecule has 0 aliphatic heterocycles. The highest BCUT2D eigenvalue weighted by Gasteiger charge is 2.16. The van der Waals surface area contributed by atoms with Gasteiger partial charge in [0.25, 0.3) is 0 Å². The van der Waals surface area contributed by atoms with Crippen LogP contribution in [0.15, 0.2) is 18.2 Å². The van der Waals surface area contributed by atoms with Gasteiger partial charge in [0.05, 0.1) is 12.1 Å². The summed E-state index contributed by atoms with van der Waals surface area (Å²) in [7, 11) is 1.31. The molecule has 0 fully saturated rings. The number of carbonyl (C=O) groups is 1. The molecular formula is C10H9BrCl2O3. The van der Waals surface area contributed by atoms with Gasteiger partial charge < -0.3 is 9.47 Å². The Kier molecular flexibility index (Phi) is 5.38. The Morgan fingerprint density at radius 3 is 2.81 bits per heavy atom. The van der Waals surface area contributed by atoms with Crippen LogP contribution < -0.4 is 4.74 Å². The smallest absolute Gasteiger partial charge is 0.322 e. The van der Waals surface area contributed by atoms with E-state index < -0.39 is 10.8 Å². The van der Waals surface area contributed by atoms with Gasteiger partial charge in [0, 0.05) is 11.1 Å². The van der Waals surface area contributed by atoms with Crippen molar-refractivity contribution in [1.29, 1.82) is 0 Å². The molecular weight excluding hydrogens is 319 g/mol. The lowest BCUT2D eigenvalue weighted by Crippen LogP contribution is -2.22. The number of halogens is 3. The second-order valence-electron chi connectivity index (χ2n) is 2.88. The number of carbonyl (C=O) groups excluding carboxylic acids is 1. The number of hydrogen-bond donors (Lipinski definition) is 0. The molecule has 0 amide bonds. The van der Waals surface area contributed by atoms with Crippen LogP contribution >= 0.6 is 39.1 Å². The highest BCUT2D eigenvalue weighted by atomic mass is 79.9. The van der Waals surface area contributed by atoms with Crippen molar-refractivity contribution in [2.45, 2.75) is 4.83 Å². The summed E-state index contributed by atoms with van der Waals surface area (Å²) >= 11 is 14.8. The van der Waals surface area contributed by atoms with Crippen LogP contribution in [0.2, 0.25) is 10.0 Å². The number of alkyl halides is 1. The van der Waals surface area contributed by atoms with Gasteiger partial charge >= 0.3 is 5.97 Å². The summed E-state index contributed by atoms with van der Waals surface area (Å²) in [6.45, 7) is 0.118. The quantitative estimate of drug-likeness (QED) is 0.628. The van der Waals surface area contributed by atoms with E-state index in [0.29, 0.717) is 15.8 Å². The summed E-state index contributed by atoms with van der Waals surface area (Å²) in [6, 6.07) is 4.87. The van der Waals surface area contributed by atoms with Crippen molar-refractivity contribution in [2.75, 3.05) is 13.7 Å². The minimum atomic E-state index is -0.535. The SMILES string of the molecule is COC(=O)C(Br)COc1cc(Cl)ccc1Cl. The van der Waals surface area contributed by atoms with Crippen molar-refractivity contribution < 1.29 is 14.3 Å². The second kappa shape index (κ2) is 6.33. The molecule has 3 nitrogen and oxygen atoms in total. The first-order chi connectivity index (χ1) is 7.54. The summed E-state index contributed by atoms with van der Waals surface area (Å²) in [6.07, 6.45) is 0. The normalized spacial score (nSPS) is 12.0. The van der Waals surface area contributed by atoms with Gasteiger partial charge in [-0.2, -0.15) is 0 Å². The molecule has 0 aromatic heterocycles. The molecule has 0 aliphatic rings. The van der Waals surface area contributed by atoms with E-state index in [-0.39, 0.29) is 6.61 Å². The zero-order valence-electron chi connectivity index (χ0n) is 8.38. The van der Waals surface area contributed by atoms with Crippen LogP contribution in [0, 0.1) is 0 Å². The van der Waals surface area contributed by atoms with Crippen LogP contribution in [-0.4, -0.2) is 24.5 Å². The molecule has 6 heteroatoms. The largest absolute Gasteiger partial charge is 0.490 e. The zero-order valence-corrected chi connectivity index (χ0v) is 11.5. The lowest BCUT2D eigenvalue weighted by molar-refractivity contribution is -0.140. The average molecular weight is 328 g/mol. The number of benzene rings is 1. The number of rotatable bonds is 4. The summed E-state index contributed by atoms with van der Waals surface area (Å²) in [4.78, 5) is 10.5. The van der Waals surface area contributed by atoms with E-state index in [1.54, 1.807) is 18.2 Å². The Labute approximate surface area is 112 Å². The monoisotopic (exact) mass is 326 g/mol. The molecule has 16 heavy (non-hydrogen) atoms. The standard InChI is InChI=1S/C10H9BrCl2O3/c1-15-10(14)7(11)5-16-9-4-6(12)2-3-8(9)13/h2-4,7H,5H2,1H3. The molecule has 1 aromatic carbocycles. The highest BCUT2D eigenvalue weighted by molar-refractivity contribution is 9.10. The Hall–Kier alpha value is -0.450.